The number of aromatic nitrogens is 2. The summed E-state index contributed by atoms with van der Waals surface area (Å²) in [5.41, 5.74) is 3.65. The number of rotatable bonds is 5. The molecule has 0 saturated heterocycles. The van der Waals surface area contributed by atoms with Gasteiger partial charge in [0.1, 0.15) is 21.5 Å². The molecule has 4 atom stereocenters. The number of amides is 2. The fourth-order valence-electron chi connectivity index (χ4n) is 7.21. The fraction of sp³-hybridized carbons (Fsp3) is 0.500. The van der Waals surface area contributed by atoms with Crippen molar-refractivity contribution < 1.29 is 23.3 Å². The third-order valence-electron chi connectivity index (χ3n) is 10.2. The number of allylic oxidation sites excluding steroid dienone is 1. The van der Waals surface area contributed by atoms with E-state index in [1.807, 2.05) is 36.0 Å². The molecule has 50 heavy (non-hydrogen) atoms. The maximum absolute atomic E-state index is 14.2. The van der Waals surface area contributed by atoms with Crippen LogP contribution in [0.15, 0.2) is 65.3 Å². The number of halogens is 1. The van der Waals surface area contributed by atoms with Gasteiger partial charge in [0, 0.05) is 63.1 Å². The lowest BCUT2D eigenvalue weighted by Crippen LogP contribution is -2.44. The highest BCUT2D eigenvalue weighted by Crippen LogP contribution is 2.41. The molecule has 1 aliphatic carbocycles. The van der Waals surface area contributed by atoms with E-state index in [9.17, 15) is 13.8 Å². The van der Waals surface area contributed by atoms with Gasteiger partial charge in [-0.3, -0.25) is 14.3 Å². The van der Waals surface area contributed by atoms with E-state index >= 15 is 0 Å². The molecule has 268 valence electrons. The first-order chi connectivity index (χ1) is 24.2. The number of hydrogen-bond acceptors (Lipinski definition) is 7. The van der Waals surface area contributed by atoms with Crippen LogP contribution in [0.5, 0.6) is 5.75 Å². The minimum atomic E-state index is -3.42. The highest BCUT2D eigenvalue weighted by Gasteiger charge is 2.37. The molecule has 2 aromatic carbocycles. The lowest BCUT2D eigenvalue weighted by molar-refractivity contribution is -0.119. The summed E-state index contributed by atoms with van der Waals surface area (Å²) in [5.74, 6) is 1.18. The molecular formula is C38H48ClN5O5S. The molecule has 3 aliphatic rings. The largest absolute Gasteiger partial charge is 0.491 e. The Hall–Kier alpha value is -3.67. The predicted octanol–water partition coefficient (Wildman–Crippen LogP) is 6.50. The first-order valence-corrected chi connectivity index (χ1v) is 19.8. The van der Waals surface area contributed by atoms with Crippen molar-refractivity contribution in [2.45, 2.75) is 70.3 Å². The zero-order valence-corrected chi connectivity index (χ0v) is 30.6. The lowest BCUT2D eigenvalue weighted by atomic mass is 9.70. The number of aryl methyl sites for hydroxylation is 3. The van der Waals surface area contributed by atoms with Gasteiger partial charge in [-0.05, 0) is 105 Å². The smallest absolute Gasteiger partial charge is 0.286 e. The Morgan fingerprint density at radius 3 is 2.78 bits per heavy atom. The molecule has 2 bridgehead atoms. The van der Waals surface area contributed by atoms with Gasteiger partial charge in [0.15, 0.2) is 0 Å². The summed E-state index contributed by atoms with van der Waals surface area (Å²) < 4.78 is 35.3. The normalized spacial score (nSPS) is 25.3. The quantitative estimate of drug-likeness (QED) is 0.299. The first-order valence-electron chi connectivity index (χ1n) is 17.8. The van der Waals surface area contributed by atoms with Crippen molar-refractivity contribution in [3.8, 4) is 5.75 Å². The summed E-state index contributed by atoms with van der Waals surface area (Å²) >= 11 is 6.42. The summed E-state index contributed by atoms with van der Waals surface area (Å²) in [4.78, 5) is 33.5. The zero-order valence-electron chi connectivity index (χ0n) is 29.0. The maximum atomic E-state index is 14.2. The van der Waals surface area contributed by atoms with Crippen LogP contribution in [0.2, 0.25) is 5.02 Å². The number of fused-ring (bicyclic) bond motifs is 3. The van der Waals surface area contributed by atoms with Crippen LogP contribution in [0.3, 0.4) is 0 Å². The molecule has 3 aromatic rings. The van der Waals surface area contributed by atoms with Crippen molar-refractivity contribution in [3.63, 3.8) is 0 Å². The summed E-state index contributed by atoms with van der Waals surface area (Å²) in [5, 5.41) is 0.742. The molecular weight excluding hydrogens is 674 g/mol. The van der Waals surface area contributed by atoms with Gasteiger partial charge in [-0.1, -0.05) is 29.8 Å². The Labute approximate surface area is 300 Å². The molecule has 1 unspecified atom stereocenters. The topological polar surface area (TPSA) is 115 Å². The van der Waals surface area contributed by atoms with E-state index in [1.165, 1.54) is 11.1 Å². The van der Waals surface area contributed by atoms with E-state index in [4.69, 9.17) is 21.1 Å². The zero-order chi connectivity index (χ0) is 35.1. The number of ether oxygens (including phenoxy) is 2. The summed E-state index contributed by atoms with van der Waals surface area (Å²) in [6.07, 6.45) is 14.9. The second kappa shape index (κ2) is 16.6. The van der Waals surface area contributed by atoms with E-state index in [-0.39, 0.29) is 18.3 Å². The molecule has 10 nitrogen and oxygen atoms in total. The number of nitrogens with one attached hydrogen (secondary N) is 1. The van der Waals surface area contributed by atoms with Crippen LogP contribution in [0, 0.1) is 11.8 Å². The van der Waals surface area contributed by atoms with Crippen molar-refractivity contribution in [1.29, 1.82) is 0 Å². The van der Waals surface area contributed by atoms with Crippen LogP contribution < -0.4 is 14.4 Å². The van der Waals surface area contributed by atoms with E-state index in [0.717, 1.165) is 61.6 Å². The van der Waals surface area contributed by atoms with E-state index < -0.39 is 21.7 Å². The van der Waals surface area contributed by atoms with Crippen molar-refractivity contribution in [3.05, 3.63) is 88.5 Å². The van der Waals surface area contributed by atoms with Crippen LogP contribution in [0.4, 0.5) is 5.69 Å². The molecule has 0 spiro atoms. The Balaban J connectivity index is 1.35. The number of nitrogens with zero attached hydrogens (tertiary/aromatic N) is 4. The SMILES string of the molecule is CO[C@H]1/C=C/CCCS(=O)(NC(=O)CCc2nccn2C)=NC(=O)c2ccc3c(c2)N(CCc2ccc(Cl)cc2CCCCO3)C[C@@H]2CC[C@H]21. The molecule has 1 N–H and O–H groups in total. The Kier molecular flexibility index (Phi) is 12.0. The minimum absolute atomic E-state index is 0.0412. The van der Waals surface area contributed by atoms with Crippen LogP contribution in [-0.2, 0) is 45.8 Å². The van der Waals surface area contributed by atoms with Crippen LogP contribution in [-0.4, -0.2) is 64.2 Å². The third-order valence-corrected chi connectivity index (χ3v) is 12.3. The van der Waals surface area contributed by atoms with Crippen LogP contribution in [0.1, 0.15) is 72.3 Å². The number of hydrogen-bond donors (Lipinski definition) is 1. The number of carbonyl (C=O) groups excluding carboxylic acids is 2. The van der Waals surface area contributed by atoms with Gasteiger partial charge in [0.05, 0.1) is 24.2 Å². The Bertz CT molecular complexity index is 1830. The predicted molar refractivity (Wildman–Crippen MR) is 197 cm³/mol. The molecule has 1 aromatic heterocycles. The molecule has 1 fully saturated rings. The average molecular weight is 722 g/mol. The number of imidazole rings is 1. The maximum Gasteiger partial charge on any atom is 0.286 e. The van der Waals surface area contributed by atoms with Gasteiger partial charge >= 0.3 is 0 Å². The average Bonchev–Trinajstić information content (AvgIpc) is 3.49. The molecule has 2 amide bonds. The Morgan fingerprint density at radius 1 is 1.12 bits per heavy atom. The minimum Gasteiger partial charge on any atom is -0.491 e. The van der Waals surface area contributed by atoms with Crippen molar-refractivity contribution in [2.24, 2.45) is 23.2 Å². The number of anilines is 1. The van der Waals surface area contributed by atoms with Crippen LogP contribution in [0.25, 0.3) is 0 Å². The molecule has 1 saturated carbocycles. The summed E-state index contributed by atoms with van der Waals surface area (Å²) in [6, 6.07) is 11.5. The van der Waals surface area contributed by atoms with Crippen molar-refractivity contribution >= 4 is 39.0 Å². The molecule has 0 radical (unpaired) electrons. The molecule has 6 rings (SSSR count). The van der Waals surface area contributed by atoms with E-state index in [2.05, 4.69) is 43.3 Å². The second-order valence-corrected chi connectivity index (χ2v) is 16.1. The lowest BCUT2D eigenvalue weighted by Gasteiger charge is -2.43. The highest BCUT2D eigenvalue weighted by molar-refractivity contribution is 7.92. The van der Waals surface area contributed by atoms with Gasteiger partial charge in [0.2, 0.25) is 5.91 Å². The van der Waals surface area contributed by atoms with Gasteiger partial charge in [-0.25, -0.2) is 9.19 Å². The number of methoxy groups -OCH3 is 1. The van der Waals surface area contributed by atoms with E-state index in [0.29, 0.717) is 55.6 Å². The van der Waals surface area contributed by atoms with Crippen molar-refractivity contribution in [2.75, 3.05) is 37.5 Å². The van der Waals surface area contributed by atoms with Gasteiger partial charge < -0.3 is 18.9 Å². The molecule has 2 aliphatic heterocycles. The first kappa shape index (κ1) is 36.1. The van der Waals surface area contributed by atoms with Gasteiger partial charge in [-0.15, -0.1) is 4.36 Å². The monoisotopic (exact) mass is 721 g/mol. The summed E-state index contributed by atoms with van der Waals surface area (Å²) in [6.45, 7) is 2.02. The van der Waals surface area contributed by atoms with Crippen LogP contribution >= 0.6 is 11.6 Å². The Morgan fingerprint density at radius 2 is 2.00 bits per heavy atom. The van der Waals surface area contributed by atoms with Gasteiger partial charge in [-0.2, -0.15) is 0 Å². The number of benzene rings is 2. The number of carbonyl (C=O) groups is 2. The summed E-state index contributed by atoms with van der Waals surface area (Å²) in [7, 11) is 0.199. The highest BCUT2D eigenvalue weighted by atomic mass is 35.5. The molecule has 3 heterocycles. The standard InChI is InChI=1S/C38H48ClN5O5S/c1-43-21-19-40-36(43)16-17-37(45)41-50(47)23-7-3-4-9-34(48-2)32-14-11-30(32)26-44-20-18-27-10-13-31(39)24-28(27)8-5-6-22-49-35-15-12-29(25-33(35)44)38(46)42-50/h4,9-10,12-13,15,19,21,24-25,30,32,34H,3,5-8,11,14,16-18,20,22-23,26H2,1-2H3,(H,41,42,45,46,47)/b9-4+/t30-,32+,34-,50?/m0/s1. The van der Waals surface area contributed by atoms with Crippen molar-refractivity contribution in [1.82, 2.24) is 14.3 Å². The molecule has 12 heteroatoms. The second-order valence-electron chi connectivity index (χ2n) is 13.6. The third kappa shape index (κ3) is 8.97. The van der Waals surface area contributed by atoms with E-state index in [1.54, 1.807) is 19.4 Å². The fourth-order valence-corrected chi connectivity index (χ4v) is 9.04. The van der Waals surface area contributed by atoms with Gasteiger partial charge in [0.25, 0.3) is 5.91 Å².